The number of hydrogen-bond donors (Lipinski definition) is 0. The van der Waals surface area contributed by atoms with Crippen molar-refractivity contribution in [3.8, 4) is 6.07 Å². The van der Waals surface area contributed by atoms with Gasteiger partial charge in [0.1, 0.15) is 5.82 Å². The van der Waals surface area contributed by atoms with Crippen molar-refractivity contribution in [3.05, 3.63) is 47.4 Å². The highest BCUT2D eigenvalue weighted by atomic mass is 35.5. The van der Waals surface area contributed by atoms with Crippen LogP contribution in [0.1, 0.15) is 12.0 Å². The Morgan fingerprint density at radius 1 is 1.32 bits per heavy atom. The molecule has 96 valence electrons. The predicted molar refractivity (Wildman–Crippen MR) is 75.5 cm³/mol. The molecule has 0 aliphatic rings. The van der Waals surface area contributed by atoms with Gasteiger partial charge in [-0.1, -0.05) is 18.2 Å². The summed E-state index contributed by atoms with van der Waals surface area (Å²) in [5, 5.41) is 9.00. The van der Waals surface area contributed by atoms with Crippen LogP contribution in [0.3, 0.4) is 0 Å². The summed E-state index contributed by atoms with van der Waals surface area (Å²) in [7, 11) is 0. The molecule has 19 heavy (non-hydrogen) atoms. The molecule has 2 rings (SSSR count). The summed E-state index contributed by atoms with van der Waals surface area (Å²) in [6.45, 7) is 2.49. The zero-order valence-electron chi connectivity index (χ0n) is 10.5. The minimum absolute atomic E-state index is 0.207. The second kappa shape index (κ2) is 6.17. The number of para-hydroxylation sites is 1. The molecule has 1 heterocycles. The maximum atomic E-state index is 8.80. The van der Waals surface area contributed by atoms with Gasteiger partial charge in [-0.15, -0.1) is 0 Å². The van der Waals surface area contributed by atoms with Crippen LogP contribution in [0, 0.1) is 18.3 Å². The van der Waals surface area contributed by atoms with Crippen LogP contribution in [0.2, 0.25) is 5.28 Å². The number of halogens is 1. The van der Waals surface area contributed by atoms with Crippen LogP contribution in [0.5, 0.6) is 0 Å². The second-order valence-electron chi connectivity index (χ2n) is 4.04. The fourth-order valence-electron chi connectivity index (χ4n) is 1.81. The molecule has 0 radical (unpaired) electrons. The third-order valence-corrected chi connectivity index (χ3v) is 2.87. The summed E-state index contributed by atoms with van der Waals surface area (Å²) in [6, 6.07) is 12.0. The highest BCUT2D eigenvalue weighted by Crippen LogP contribution is 2.26. The lowest BCUT2D eigenvalue weighted by Gasteiger charge is -2.24. The van der Waals surface area contributed by atoms with Gasteiger partial charge < -0.3 is 4.90 Å². The second-order valence-corrected chi connectivity index (χ2v) is 4.38. The third kappa shape index (κ3) is 3.21. The van der Waals surface area contributed by atoms with E-state index in [0.717, 1.165) is 17.1 Å². The first-order chi connectivity index (χ1) is 9.22. The van der Waals surface area contributed by atoms with Gasteiger partial charge in [-0.05, 0) is 30.7 Å². The van der Waals surface area contributed by atoms with Crippen molar-refractivity contribution < 1.29 is 0 Å². The van der Waals surface area contributed by atoms with Crippen molar-refractivity contribution in [2.24, 2.45) is 0 Å². The van der Waals surface area contributed by atoms with Gasteiger partial charge >= 0.3 is 0 Å². The quantitative estimate of drug-likeness (QED) is 0.800. The number of anilines is 2. The van der Waals surface area contributed by atoms with E-state index < -0.39 is 0 Å². The van der Waals surface area contributed by atoms with E-state index in [9.17, 15) is 0 Å². The Bertz CT molecular complexity index is 592. The zero-order chi connectivity index (χ0) is 13.7. The lowest BCUT2D eigenvalue weighted by atomic mass is 10.2. The molecule has 0 saturated heterocycles. The van der Waals surface area contributed by atoms with Crippen LogP contribution >= 0.6 is 11.6 Å². The number of nitriles is 1. The van der Waals surface area contributed by atoms with Crippen molar-refractivity contribution in [1.29, 1.82) is 5.26 Å². The smallest absolute Gasteiger partial charge is 0.224 e. The normalized spacial score (nSPS) is 9.95. The van der Waals surface area contributed by atoms with Crippen molar-refractivity contribution in [2.75, 3.05) is 11.4 Å². The van der Waals surface area contributed by atoms with E-state index in [1.165, 1.54) is 0 Å². The van der Waals surface area contributed by atoms with Gasteiger partial charge in [-0.3, -0.25) is 0 Å². The Labute approximate surface area is 117 Å². The molecule has 1 aromatic heterocycles. The number of hydrogen-bond acceptors (Lipinski definition) is 4. The SMILES string of the molecule is Cc1cnc(Cl)nc1N(CCC#N)c1ccccc1. The van der Waals surface area contributed by atoms with Crippen LogP contribution in [0.4, 0.5) is 11.5 Å². The van der Waals surface area contributed by atoms with Gasteiger partial charge in [-0.25, -0.2) is 4.98 Å². The molecule has 1 aromatic carbocycles. The molecule has 0 spiro atoms. The monoisotopic (exact) mass is 272 g/mol. The molecule has 0 N–H and O–H groups in total. The number of aryl methyl sites for hydroxylation is 1. The van der Waals surface area contributed by atoms with Crippen molar-refractivity contribution in [1.82, 2.24) is 9.97 Å². The summed E-state index contributed by atoms with van der Waals surface area (Å²) in [5.41, 5.74) is 1.90. The Kier molecular flexibility index (Phi) is 4.32. The first kappa shape index (κ1) is 13.3. The number of benzene rings is 1. The molecule has 2 aromatic rings. The Balaban J connectivity index is 2.43. The Morgan fingerprint density at radius 2 is 2.05 bits per heavy atom. The number of rotatable bonds is 4. The largest absolute Gasteiger partial charge is 0.325 e. The van der Waals surface area contributed by atoms with Crippen LogP contribution in [-0.2, 0) is 0 Å². The number of nitrogens with zero attached hydrogens (tertiary/aromatic N) is 4. The average molecular weight is 273 g/mol. The molecular weight excluding hydrogens is 260 g/mol. The Morgan fingerprint density at radius 3 is 2.74 bits per heavy atom. The van der Waals surface area contributed by atoms with Crippen LogP contribution in [0.15, 0.2) is 36.5 Å². The summed E-state index contributed by atoms with van der Waals surface area (Å²) in [6.07, 6.45) is 2.10. The minimum Gasteiger partial charge on any atom is -0.325 e. The Hall–Kier alpha value is -2.12. The van der Waals surface area contributed by atoms with Gasteiger partial charge in [0, 0.05) is 24.0 Å². The van der Waals surface area contributed by atoms with Crippen molar-refractivity contribution >= 4 is 23.1 Å². The molecular formula is C14H13ClN4. The molecule has 4 nitrogen and oxygen atoms in total. The van der Waals surface area contributed by atoms with Crippen LogP contribution in [0.25, 0.3) is 0 Å². The molecule has 0 amide bonds. The molecule has 0 fully saturated rings. The van der Waals surface area contributed by atoms with E-state index in [4.69, 9.17) is 16.9 Å². The van der Waals surface area contributed by atoms with Gasteiger partial charge in [0.15, 0.2) is 0 Å². The molecule has 0 saturated carbocycles. The molecule has 0 unspecified atom stereocenters. The first-order valence-electron chi connectivity index (χ1n) is 5.91. The van der Waals surface area contributed by atoms with Crippen LogP contribution in [-0.4, -0.2) is 16.5 Å². The minimum atomic E-state index is 0.207. The van der Waals surface area contributed by atoms with Crippen molar-refractivity contribution in [3.63, 3.8) is 0 Å². The first-order valence-corrected chi connectivity index (χ1v) is 6.29. The van der Waals surface area contributed by atoms with E-state index in [1.807, 2.05) is 42.2 Å². The maximum Gasteiger partial charge on any atom is 0.224 e. The number of aromatic nitrogens is 2. The molecule has 0 aliphatic carbocycles. The third-order valence-electron chi connectivity index (χ3n) is 2.69. The van der Waals surface area contributed by atoms with E-state index in [-0.39, 0.29) is 5.28 Å². The van der Waals surface area contributed by atoms with E-state index >= 15 is 0 Å². The highest BCUT2D eigenvalue weighted by molar-refractivity contribution is 6.28. The summed E-state index contributed by atoms with van der Waals surface area (Å²) >= 11 is 5.87. The molecule has 0 atom stereocenters. The molecule has 5 heteroatoms. The standard InChI is InChI=1S/C14H13ClN4/c1-11-10-17-14(15)18-13(11)19(9-5-8-16)12-6-3-2-4-7-12/h2-4,6-7,10H,5,9H2,1H3. The summed E-state index contributed by atoms with van der Waals surface area (Å²) in [5.74, 6) is 0.737. The topological polar surface area (TPSA) is 52.8 Å². The lowest BCUT2D eigenvalue weighted by Crippen LogP contribution is -2.20. The maximum absolute atomic E-state index is 8.80. The summed E-state index contributed by atoms with van der Waals surface area (Å²) < 4.78 is 0. The predicted octanol–water partition coefficient (Wildman–Crippen LogP) is 3.49. The fraction of sp³-hybridized carbons (Fsp3) is 0.214. The van der Waals surface area contributed by atoms with Gasteiger partial charge in [0.25, 0.3) is 0 Å². The van der Waals surface area contributed by atoms with Gasteiger partial charge in [0.05, 0.1) is 12.5 Å². The van der Waals surface area contributed by atoms with E-state index in [2.05, 4.69) is 16.0 Å². The fourth-order valence-corrected chi connectivity index (χ4v) is 1.94. The van der Waals surface area contributed by atoms with Gasteiger partial charge in [-0.2, -0.15) is 10.2 Å². The zero-order valence-corrected chi connectivity index (χ0v) is 11.3. The molecule has 0 aliphatic heterocycles. The average Bonchev–Trinajstić information content (AvgIpc) is 2.44. The molecule has 0 bridgehead atoms. The lowest BCUT2D eigenvalue weighted by molar-refractivity contribution is 0.911. The van der Waals surface area contributed by atoms with Crippen LogP contribution < -0.4 is 4.90 Å². The summed E-state index contributed by atoms with van der Waals surface area (Å²) in [4.78, 5) is 10.2. The highest BCUT2D eigenvalue weighted by Gasteiger charge is 2.13. The van der Waals surface area contributed by atoms with E-state index in [0.29, 0.717) is 13.0 Å². The van der Waals surface area contributed by atoms with Crippen molar-refractivity contribution in [2.45, 2.75) is 13.3 Å². The van der Waals surface area contributed by atoms with E-state index in [1.54, 1.807) is 6.20 Å². The van der Waals surface area contributed by atoms with Gasteiger partial charge in [0.2, 0.25) is 5.28 Å².